The average Bonchev–Trinajstić information content (AvgIpc) is 3.35. The van der Waals surface area contributed by atoms with Gasteiger partial charge in [0.15, 0.2) is 5.82 Å². The number of benzene rings is 2. The Balaban J connectivity index is 1.60. The van der Waals surface area contributed by atoms with E-state index >= 15 is 0 Å². The molecule has 0 aliphatic carbocycles. The van der Waals surface area contributed by atoms with Crippen LogP contribution in [0.2, 0.25) is 0 Å². The molecule has 0 saturated carbocycles. The zero-order valence-electron chi connectivity index (χ0n) is 16.0. The predicted molar refractivity (Wildman–Crippen MR) is 108 cm³/mol. The van der Waals surface area contributed by atoms with E-state index in [1.54, 1.807) is 23.6 Å². The second-order valence-electron chi connectivity index (χ2n) is 6.37. The standard InChI is InChI=1S/C18H17FN6O3S2/c1-3-25-17(20-21-18(25)28-13-9-7-12(19)8-10-13)11(2)24-30(26,27)15-6-4-5-14-16(15)23-29-22-14/h4-11,24H,3H2,1-2H3/t11-/m1/s1. The Hall–Kier alpha value is -2.96. The molecule has 0 aliphatic heterocycles. The molecule has 2 aromatic carbocycles. The summed E-state index contributed by atoms with van der Waals surface area (Å²) in [6, 6.07) is 9.76. The highest BCUT2D eigenvalue weighted by Crippen LogP contribution is 2.26. The number of sulfonamides is 1. The van der Waals surface area contributed by atoms with Crippen molar-refractivity contribution in [2.24, 2.45) is 0 Å². The summed E-state index contributed by atoms with van der Waals surface area (Å²) in [5, 5.41) is 8.10. The fraction of sp³-hybridized carbons (Fsp3) is 0.222. The fourth-order valence-corrected chi connectivity index (χ4v) is 4.92. The third kappa shape index (κ3) is 3.88. The van der Waals surface area contributed by atoms with Crippen LogP contribution in [0.25, 0.3) is 11.0 Å². The Morgan fingerprint density at radius 2 is 1.93 bits per heavy atom. The summed E-state index contributed by atoms with van der Waals surface area (Å²) in [6.45, 7) is 3.96. The van der Waals surface area contributed by atoms with Crippen LogP contribution in [0.4, 0.5) is 4.39 Å². The number of ether oxygens (including phenoxy) is 1. The number of nitrogens with one attached hydrogen (secondary N) is 1. The maximum atomic E-state index is 13.1. The Kier molecular flexibility index (Phi) is 5.45. The molecule has 156 valence electrons. The van der Waals surface area contributed by atoms with Crippen molar-refractivity contribution in [2.45, 2.75) is 31.3 Å². The third-order valence-electron chi connectivity index (χ3n) is 4.34. The van der Waals surface area contributed by atoms with Gasteiger partial charge in [-0.1, -0.05) is 11.2 Å². The van der Waals surface area contributed by atoms with Gasteiger partial charge in [0.25, 0.3) is 0 Å². The Morgan fingerprint density at radius 3 is 2.67 bits per heavy atom. The van der Waals surface area contributed by atoms with Crippen LogP contribution >= 0.6 is 11.7 Å². The molecular weight excluding hydrogens is 431 g/mol. The first-order chi connectivity index (χ1) is 14.4. The molecule has 9 nitrogen and oxygen atoms in total. The highest BCUT2D eigenvalue weighted by atomic mass is 32.2. The first kappa shape index (κ1) is 20.3. The Labute approximate surface area is 175 Å². The maximum Gasteiger partial charge on any atom is 0.322 e. The van der Waals surface area contributed by atoms with Gasteiger partial charge < -0.3 is 4.74 Å². The molecule has 12 heteroatoms. The molecule has 1 N–H and O–H groups in total. The number of aromatic nitrogens is 5. The smallest absolute Gasteiger partial charge is 0.322 e. The summed E-state index contributed by atoms with van der Waals surface area (Å²) >= 11 is 0.951. The van der Waals surface area contributed by atoms with Crippen molar-refractivity contribution in [3.63, 3.8) is 0 Å². The minimum Gasteiger partial charge on any atom is -0.424 e. The monoisotopic (exact) mass is 448 g/mol. The lowest BCUT2D eigenvalue weighted by atomic mass is 10.3. The van der Waals surface area contributed by atoms with Gasteiger partial charge in [-0.25, -0.2) is 17.5 Å². The second kappa shape index (κ2) is 8.05. The molecule has 0 saturated heterocycles. The lowest BCUT2D eigenvalue weighted by Crippen LogP contribution is -2.29. The van der Waals surface area contributed by atoms with Gasteiger partial charge >= 0.3 is 6.01 Å². The van der Waals surface area contributed by atoms with Gasteiger partial charge in [0.1, 0.15) is 27.5 Å². The van der Waals surface area contributed by atoms with Crippen LogP contribution in [0.3, 0.4) is 0 Å². The van der Waals surface area contributed by atoms with Gasteiger partial charge in [-0.05, 0) is 50.2 Å². The first-order valence-corrected chi connectivity index (χ1v) is 11.2. The van der Waals surface area contributed by atoms with E-state index in [9.17, 15) is 12.8 Å². The van der Waals surface area contributed by atoms with Gasteiger partial charge in [0, 0.05) is 6.54 Å². The van der Waals surface area contributed by atoms with E-state index in [1.807, 2.05) is 6.92 Å². The van der Waals surface area contributed by atoms with Crippen LogP contribution < -0.4 is 9.46 Å². The molecule has 30 heavy (non-hydrogen) atoms. The zero-order chi connectivity index (χ0) is 21.3. The Morgan fingerprint density at radius 1 is 1.17 bits per heavy atom. The van der Waals surface area contributed by atoms with Crippen LogP contribution in [0.5, 0.6) is 11.8 Å². The van der Waals surface area contributed by atoms with E-state index in [1.165, 1.54) is 30.3 Å². The minimum atomic E-state index is -3.89. The van der Waals surface area contributed by atoms with Crippen molar-refractivity contribution >= 4 is 32.8 Å². The zero-order valence-corrected chi connectivity index (χ0v) is 17.6. The molecule has 4 rings (SSSR count). The molecule has 2 aromatic heterocycles. The fourth-order valence-electron chi connectivity index (χ4n) is 2.95. The molecule has 0 radical (unpaired) electrons. The second-order valence-corrected chi connectivity index (χ2v) is 8.58. The van der Waals surface area contributed by atoms with Gasteiger partial charge in [0.2, 0.25) is 10.0 Å². The first-order valence-electron chi connectivity index (χ1n) is 8.99. The van der Waals surface area contributed by atoms with E-state index in [4.69, 9.17) is 4.74 Å². The number of fused-ring (bicyclic) bond motifs is 1. The van der Waals surface area contributed by atoms with E-state index in [0.29, 0.717) is 29.2 Å². The Bertz CT molecular complexity index is 1290. The number of hydrogen-bond acceptors (Lipinski definition) is 8. The maximum absolute atomic E-state index is 13.1. The SMILES string of the molecule is CCn1c(Oc2ccc(F)cc2)nnc1[C@@H](C)NS(=O)(=O)c1cccc2nsnc12. The van der Waals surface area contributed by atoms with E-state index in [0.717, 1.165) is 11.7 Å². The van der Waals surface area contributed by atoms with E-state index < -0.39 is 16.1 Å². The molecule has 0 amide bonds. The van der Waals surface area contributed by atoms with E-state index in [-0.39, 0.29) is 16.7 Å². The summed E-state index contributed by atoms with van der Waals surface area (Å²) in [5.41, 5.74) is 0.835. The lowest BCUT2D eigenvalue weighted by Gasteiger charge is -2.15. The van der Waals surface area contributed by atoms with Gasteiger partial charge in [-0.15, -0.1) is 5.10 Å². The van der Waals surface area contributed by atoms with Crippen LogP contribution in [0, 0.1) is 5.82 Å². The minimum absolute atomic E-state index is 0.0472. The van der Waals surface area contributed by atoms with Crippen molar-refractivity contribution in [2.75, 3.05) is 0 Å². The molecule has 0 aliphatic rings. The number of hydrogen-bond donors (Lipinski definition) is 1. The molecule has 1 atom stereocenters. The highest BCUT2D eigenvalue weighted by Gasteiger charge is 2.26. The lowest BCUT2D eigenvalue weighted by molar-refractivity contribution is 0.407. The van der Waals surface area contributed by atoms with Crippen molar-refractivity contribution in [3.05, 3.63) is 54.1 Å². The van der Waals surface area contributed by atoms with Gasteiger partial charge in [-0.2, -0.15) is 8.75 Å². The number of nitrogens with zero attached hydrogens (tertiary/aromatic N) is 5. The predicted octanol–water partition coefficient (Wildman–Crippen LogP) is 3.27. The topological polar surface area (TPSA) is 112 Å². The normalized spacial score (nSPS) is 12.9. The summed E-state index contributed by atoms with van der Waals surface area (Å²) in [5.74, 6) is 0.385. The van der Waals surface area contributed by atoms with Gasteiger partial charge in [0.05, 0.1) is 17.8 Å². The molecule has 0 fully saturated rings. The van der Waals surface area contributed by atoms with Crippen LogP contribution in [0.1, 0.15) is 25.7 Å². The van der Waals surface area contributed by atoms with Crippen molar-refractivity contribution in [1.29, 1.82) is 0 Å². The molecule has 0 bridgehead atoms. The highest BCUT2D eigenvalue weighted by molar-refractivity contribution is 7.89. The summed E-state index contributed by atoms with van der Waals surface area (Å²) in [6.07, 6.45) is 0. The average molecular weight is 449 g/mol. The van der Waals surface area contributed by atoms with Crippen molar-refractivity contribution < 1.29 is 17.5 Å². The molecule has 0 unspecified atom stereocenters. The van der Waals surface area contributed by atoms with Crippen LogP contribution in [-0.4, -0.2) is 31.9 Å². The van der Waals surface area contributed by atoms with Crippen LogP contribution in [0.15, 0.2) is 47.4 Å². The van der Waals surface area contributed by atoms with Crippen LogP contribution in [-0.2, 0) is 16.6 Å². The largest absolute Gasteiger partial charge is 0.424 e. The quantitative estimate of drug-likeness (QED) is 0.462. The summed E-state index contributed by atoms with van der Waals surface area (Å²) in [4.78, 5) is 0.0472. The van der Waals surface area contributed by atoms with E-state index in [2.05, 4.69) is 23.7 Å². The number of rotatable bonds is 7. The molecule has 4 aromatic rings. The third-order valence-corrected chi connectivity index (χ3v) is 6.46. The number of halogens is 1. The summed E-state index contributed by atoms with van der Waals surface area (Å²) < 4.78 is 57.1. The molecule has 0 spiro atoms. The van der Waals surface area contributed by atoms with Crippen molar-refractivity contribution in [1.82, 2.24) is 28.2 Å². The summed E-state index contributed by atoms with van der Waals surface area (Å²) in [7, 11) is -3.89. The molecular formula is C18H17FN6O3S2. The molecule has 2 heterocycles. The van der Waals surface area contributed by atoms with Gasteiger partial charge in [-0.3, -0.25) is 4.57 Å². The van der Waals surface area contributed by atoms with Crippen molar-refractivity contribution in [3.8, 4) is 11.8 Å².